The second kappa shape index (κ2) is 8.25. The molecule has 8 heteroatoms. The highest BCUT2D eigenvalue weighted by Gasteiger charge is 2.21. The Morgan fingerprint density at radius 2 is 1.88 bits per heavy atom. The molecule has 0 aliphatic carbocycles. The van der Waals surface area contributed by atoms with Crippen LogP contribution in [0.1, 0.15) is 23.7 Å². The van der Waals surface area contributed by atoms with Gasteiger partial charge in [0.05, 0.1) is 11.3 Å². The quantitative estimate of drug-likeness (QED) is 0.621. The highest BCUT2D eigenvalue weighted by molar-refractivity contribution is 7.96. The van der Waals surface area contributed by atoms with E-state index in [1.54, 1.807) is 12.3 Å². The third kappa shape index (κ3) is 4.36. The fraction of sp³-hybridized carbons (Fsp3) is 0.389. The first-order chi connectivity index (χ1) is 12.6. The molecule has 1 aliphatic rings. The smallest absolute Gasteiger partial charge is 0.222 e. The van der Waals surface area contributed by atoms with E-state index in [4.69, 9.17) is 11.5 Å². The summed E-state index contributed by atoms with van der Waals surface area (Å²) in [6, 6.07) is 3.59. The second-order valence-corrected chi connectivity index (χ2v) is 7.27. The van der Waals surface area contributed by atoms with Gasteiger partial charge < -0.3 is 16.4 Å². The predicted octanol–water partition coefficient (Wildman–Crippen LogP) is 1.53. The zero-order valence-corrected chi connectivity index (χ0v) is 15.9. The Morgan fingerprint density at radius 1 is 1.12 bits per heavy atom. The van der Waals surface area contributed by atoms with Crippen LogP contribution in [0.5, 0.6) is 0 Å². The molecule has 2 aromatic heterocycles. The number of hydrogen-bond acceptors (Lipinski definition) is 8. The zero-order chi connectivity index (χ0) is 18.5. The summed E-state index contributed by atoms with van der Waals surface area (Å²) in [5.74, 6) is 8.99. The maximum absolute atomic E-state index is 5.90. The van der Waals surface area contributed by atoms with E-state index in [0.29, 0.717) is 5.82 Å². The SMILES string of the molecule is CCSN1CCN(c2nc(N)nc(C)c2C#Cc2ccc(N)nc2)CC1. The molecule has 0 saturated carbocycles. The van der Waals surface area contributed by atoms with Crippen LogP contribution in [-0.4, -0.2) is 51.2 Å². The molecule has 3 heterocycles. The summed E-state index contributed by atoms with van der Waals surface area (Å²) < 4.78 is 2.39. The van der Waals surface area contributed by atoms with Crippen molar-refractivity contribution in [3.8, 4) is 11.8 Å². The molecule has 0 spiro atoms. The van der Waals surface area contributed by atoms with Crippen LogP contribution in [0, 0.1) is 18.8 Å². The lowest BCUT2D eigenvalue weighted by Gasteiger charge is -2.35. The lowest BCUT2D eigenvalue weighted by Crippen LogP contribution is -2.44. The first-order valence-corrected chi connectivity index (χ1v) is 9.51. The molecule has 7 nitrogen and oxygen atoms in total. The van der Waals surface area contributed by atoms with E-state index in [1.807, 2.05) is 24.9 Å². The Hall–Kier alpha value is -2.50. The molecule has 3 rings (SSSR count). The lowest BCUT2D eigenvalue weighted by molar-refractivity contribution is 0.428. The van der Waals surface area contributed by atoms with Crippen molar-refractivity contribution in [2.75, 3.05) is 48.3 Å². The fourth-order valence-corrected chi connectivity index (χ4v) is 3.57. The molecule has 0 bridgehead atoms. The highest BCUT2D eigenvalue weighted by atomic mass is 32.2. The number of rotatable bonds is 3. The van der Waals surface area contributed by atoms with Gasteiger partial charge in [-0.1, -0.05) is 30.7 Å². The van der Waals surface area contributed by atoms with E-state index in [1.165, 1.54) is 0 Å². The van der Waals surface area contributed by atoms with Gasteiger partial charge in [-0.25, -0.2) is 14.3 Å². The molecule has 0 radical (unpaired) electrons. The van der Waals surface area contributed by atoms with Gasteiger partial charge in [-0.2, -0.15) is 4.98 Å². The van der Waals surface area contributed by atoms with Crippen molar-refractivity contribution in [3.05, 3.63) is 35.2 Å². The van der Waals surface area contributed by atoms with Crippen molar-refractivity contribution in [1.82, 2.24) is 19.3 Å². The minimum Gasteiger partial charge on any atom is -0.384 e. The Morgan fingerprint density at radius 3 is 2.54 bits per heavy atom. The molecule has 1 aliphatic heterocycles. The first kappa shape index (κ1) is 18.3. The third-order valence-corrected chi connectivity index (χ3v) is 5.04. The van der Waals surface area contributed by atoms with Gasteiger partial charge in [0.15, 0.2) is 0 Å². The van der Waals surface area contributed by atoms with Gasteiger partial charge in [0.25, 0.3) is 0 Å². The summed E-state index contributed by atoms with van der Waals surface area (Å²) in [5.41, 5.74) is 13.9. The summed E-state index contributed by atoms with van der Waals surface area (Å²) in [4.78, 5) is 15.1. The summed E-state index contributed by atoms with van der Waals surface area (Å²) in [5, 5.41) is 0. The average molecular weight is 369 g/mol. The summed E-state index contributed by atoms with van der Waals surface area (Å²) in [6.07, 6.45) is 1.66. The normalized spacial score (nSPS) is 14.8. The van der Waals surface area contributed by atoms with E-state index in [9.17, 15) is 0 Å². The van der Waals surface area contributed by atoms with Crippen LogP contribution >= 0.6 is 11.9 Å². The number of aryl methyl sites for hydroxylation is 1. The van der Waals surface area contributed by atoms with Crippen LogP contribution < -0.4 is 16.4 Å². The fourth-order valence-electron chi connectivity index (χ4n) is 2.78. The molecule has 0 unspecified atom stereocenters. The van der Waals surface area contributed by atoms with E-state index in [2.05, 4.69) is 42.9 Å². The van der Waals surface area contributed by atoms with Gasteiger partial charge in [-0.3, -0.25) is 0 Å². The Balaban J connectivity index is 1.88. The number of nitrogens with two attached hydrogens (primary N) is 2. The number of piperazine rings is 1. The van der Waals surface area contributed by atoms with Crippen molar-refractivity contribution in [2.24, 2.45) is 0 Å². The molecule has 0 atom stereocenters. The lowest BCUT2D eigenvalue weighted by atomic mass is 10.1. The summed E-state index contributed by atoms with van der Waals surface area (Å²) >= 11 is 1.87. The molecular weight excluding hydrogens is 346 g/mol. The highest BCUT2D eigenvalue weighted by Crippen LogP contribution is 2.24. The molecular formula is C18H23N7S. The Kier molecular flexibility index (Phi) is 5.81. The van der Waals surface area contributed by atoms with E-state index in [-0.39, 0.29) is 5.95 Å². The van der Waals surface area contributed by atoms with Crippen molar-refractivity contribution in [2.45, 2.75) is 13.8 Å². The van der Waals surface area contributed by atoms with Crippen LogP contribution in [0.2, 0.25) is 0 Å². The monoisotopic (exact) mass is 369 g/mol. The molecule has 1 fully saturated rings. The number of anilines is 3. The summed E-state index contributed by atoms with van der Waals surface area (Å²) in [7, 11) is 0. The van der Waals surface area contributed by atoms with E-state index in [0.717, 1.165) is 54.6 Å². The topological polar surface area (TPSA) is 97.2 Å². The molecule has 136 valence electrons. The molecule has 0 amide bonds. The van der Waals surface area contributed by atoms with Crippen LogP contribution in [0.3, 0.4) is 0 Å². The van der Waals surface area contributed by atoms with Crippen LogP contribution in [0.4, 0.5) is 17.6 Å². The second-order valence-electron chi connectivity index (χ2n) is 5.92. The zero-order valence-electron chi connectivity index (χ0n) is 15.1. The van der Waals surface area contributed by atoms with Gasteiger partial charge in [0.1, 0.15) is 11.6 Å². The molecule has 2 aromatic rings. The number of nitrogen functional groups attached to an aromatic ring is 2. The standard InChI is InChI=1S/C18H23N7S/c1-3-26-25-10-8-24(9-11-25)17-15(13(2)22-18(20)23-17)6-4-14-5-7-16(19)21-12-14/h5,7,12H,3,8-11H2,1-2H3,(H2,19,21)(H2,20,22,23). The average Bonchev–Trinajstić information content (AvgIpc) is 2.63. The number of aromatic nitrogens is 3. The van der Waals surface area contributed by atoms with Crippen molar-refractivity contribution >= 4 is 29.5 Å². The van der Waals surface area contributed by atoms with Crippen molar-refractivity contribution < 1.29 is 0 Å². The molecule has 4 N–H and O–H groups in total. The van der Waals surface area contributed by atoms with E-state index < -0.39 is 0 Å². The van der Waals surface area contributed by atoms with Crippen molar-refractivity contribution in [1.29, 1.82) is 0 Å². The van der Waals surface area contributed by atoms with Crippen LogP contribution in [-0.2, 0) is 0 Å². The molecule has 0 aromatic carbocycles. The van der Waals surface area contributed by atoms with Gasteiger partial charge in [-0.05, 0) is 19.1 Å². The molecule has 26 heavy (non-hydrogen) atoms. The Bertz CT molecular complexity index is 818. The number of pyridine rings is 1. The Labute approximate surface area is 158 Å². The minimum absolute atomic E-state index is 0.280. The molecule has 1 saturated heterocycles. The number of hydrogen-bond donors (Lipinski definition) is 2. The van der Waals surface area contributed by atoms with E-state index >= 15 is 0 Å². The van der Waals surface area contributed by atoms with Gasteiger partial charge in [0, 0.05) is 43.7 Å². The van der Waals surface area contributed by atoms with Crippen LogP contribution in [0.15, 0.2) is 18.3 Å². The van der Waals surface area contributed by atoms with Crippen molar-refractivity contribution in [3.63, 3.8) is 0 Å². The summed E-state index contributed by atoms with van der Waals surface area (Å²) in [6.45, 7) is 7.83. The maximum Gasteiger partial charge on any atom is 0.222 e. The van der Waals surface area contributed by atoms with Gasteiger partial charge in [-0.15, -0.1) is 0 Å². The van der Waals surface area contributed by atoms with Gasteiger partial charge in [0.2, 0.25) is 5.95 Å². The largest absolute Gasteiger partial charge is 0.384 e. The predicted molar refractivity (Wildman–Crippen MR) is 108 cm³/mol. The minimum atomic E-state index is 0.280. The van der Waals surface area contributed by atoms with Crippen LogP contribution in [0.25, 0.3) is 0 Å². The maximum atomic E-state index is 5.90. The third-order valence-electron chi connectivity index (χ3n) is 4.06. The van der Waals surface area contributed by atoms with Gasteiger partial charge >= 0.3 is 0 Å². The number of nitrogens with zero attached hydrogens (tertiary/aromatic N) is 5. The first-order valence-electron chi connectivity index (χ1n) is 8.57.